The van der Waals surface area contributed by atoms with Gasteiger partial charge in [-0.05, 0) is 67.5 Å². The molecule has 106 valence electrons. The van der Waals surface area contributed by atoms with Crippen LogP contribution in [0.1, 0.15) is 39.4 Å². The Morgan fingerprint density at radius 3 is 2.10 bits per heavy atom. The number of nitrogens with one attached hydrogen (secondary N) is 1. The Balaban J connectivity index is 2.31. The summed E-state index contributed by atoms with van der Waals surface area (Å²) in [5.41, 5.74) is 10.9. The fraction of sp³-hybridized carbons (Fsp3) is 0.333. The maximum absolute atomic E-state index is 5.79. The fourth-order valence-electron chi connectivity index (χ4n) is 2.63. The van der Waals surface area contributed by atoms with Gasteiger partial charge in [0, 0.05) is 0 Å². The summed E-state index contributed by atoms with van der Waals surface area (Å²) in [6.45, 7) is 8.60. The molecule has 2 aromatic carbocycles. The van der Waals surface area contributed by atoms with Crippen molar-refractivity contribution in [3.8, 4) is 0 Å². The summed E-state index contributed by atoms with van der Waals surface area (Å²) >= 11 is 0. The van der Waals surface area contributed by atoms with Crippen molar-refractivity contribution in [2.75, 3.05) is 0 Å². The van der Waals surface area contributed by atoms with Crippen LogP contribution in [0.25, 0.3) is 0 Å². The molecule has 0 aliphatic rings. The van der Waals surface area contributed by atoms with Gasteiger partial charge >= 0.3 is 0 Å². The van der Waals surface area contributed by atoms with E-state index in [4.69, 9.17) is 5.84 Å². The first-order valence-corrected chi connectivity index (χ1v) is 7.11. The van der Waals surface area contributed by atoms with Gasteiger partial charge in [0.15, 0.2) is 0 Å². The predicted octanol–water partition coefficient (Wildman–Crippen LogP) is 3.67. The summed E-state index contributed by atoms with van der Waals surface area (Å²) in [7, 11) is 0. The summed E-state index contributed by atoms with van der Waals surface area (Å²) in [5.74, 6) is 5.79. The summed E-state index contributed by atoms with van der Waals surface area (Å²) < 4.78 is 0. The summed E-state index contributed by atoms with van der Waals surface area (Å²) in [6.07, 6.45) is 0.914. The molecule has 0 aliphatic carbocycles. The quantitative estimate of drug-likeness (QED) is 0.656. The number of nitrogens with two attached hydrogens (primary N) is 1. The molecule has 20 heavy (non-hydrogen) atoms. The number of hydrogen-bond acceptors (Lipinski definition) is 2. The first-order chi connectivity index (χ1) is 9.52. The Labute approximate surface area is 122 Å². The van der Waals surface area contributed by atoms with Crippen molar-refractivity contribution >= 4 is 0 Å². The molecule has 2 rings (SSSR count). The molecule has 0 saturated heterocycles. The molecular weight excluding hydrogens is 244 g/mol. The summed E-state index contributed by atoms with van der Waals surface area (Å²) in [4.78, 5) is 0. The van der Waals surface area contributed by atoms with Gasteiger partial charge in [-0.15, -0.1) is 0 Å². The molecule has 0 aromatic heterocycles. The molecule has 1 unspecified atom stereocenters. The highest BCUT2D eigenvalue weighted by molar-refractivity contribution is 5.37. The van der Waals surface area contributed by atoms with E-state index in [0.29, 0.717) is 0 Å². The van der Waals surface area contributed by atoms with Crippen molar-refractivity contribution in [3.63, 3.8) is 0 Å². The molecule has 0 radical (unpaired) electrons. The molecule has 0 bridgehead atoms. The Kier molecular flexibility index (Phi) is 4.58. The standard InChI is InChI=1S/C18H24N2/c1-12-8-9-16(10-15(12)4)18(20-19)11-17-13(2)6-5-7-14(17)3/h5-10,18,20H,11,19H2,1-4H3. The summed E-state index contributed by atoms with van der Waals surface area (Å²) in [6, 6.07) is 13.1. The SMILES string of the molecule is Cc1ccc(C(Cc2c(C)cccc2C)NN)cc1C. The molecule has 1 atom stereocenters. The van der Waals surface area contributed by atoms with Gasteiger partial charge in [-0.2, -0.15) is 0 Å². The average molecular weight is 268 g/mol. The van der Waals surface area contributed by atoms with E-state index in [9.17, 15) is 0 Å². The molecule has 2 aromatic rings. The lowest BCUT2D eigenvalue weighted by atomic mass is 9.92. The monoisotopic (exact) mass is 268 g/mol. The third kappa shape index (κ3) is 3.09. The van der Waals surface area contributed by atoms with Gasteiger partial charge in [-0.25, -0.2) is 0 Å². The maximum Gasteiger partial charge on any atom is 0.0500 e. The van der Waals surface area contributed by atoms with Gasteiger partial charge in [0.05, 0.1) is 6.04 Å². The zero-order valence-corrected chi connectivity index (χ0v) is 12.8. The van der Waals surface area contributed by atoms with Crippen LogP contribution in [-0.4, -0.2) is 0 Å². The van der Waals surface area contributed by atoms with Crippen molar-refractivity contribution in [2.45, 2.75) is 40.2 Å². The molecule has 0 fully saturated rings. The van der Waals surface area contributed by atoms with Gasteiger partial charge < -0.3 is 0 Å². The molecule has 0 amide bonds. The Morgan fingerprint density at radius 1 is 0.900 bits per heavy atom. The van der Waals surface area contributed by atoms with E-state index in [2.05, 4.69) is 69.5 Å². The second-order valence-corrected chi connectivity index (χ2v) is 5.64. The Morgan fingerprint density at radius 2 is 1.55 bits per heavy atom. The van der Waals surface area contributed by atoms with E-state index in [0.717, 1.165) is 6.42 Å². The minimum atomic E-state index is 0.147. The van der Waals surface area contributed by atoms with Crippen molar-refractivity contribution in [3.05, 3.63) is 69.8 Å². The third-order valence-electron chi connectivity index (χ3n) is 4.19. The molecule has 2 heteroatoms. The highest BCUT2D eigenvalue weighted by Gasteiger charge is 2.14. The van der Waals surface area contributed by atoms with E-state index in [1.54, 1.807) is 0 Å². The van der Waals surface area contributed by atoms with Crippen LogP contribution in [0, 0.1) is 27.7 Å². The third-order valence-corrected chi connectivity index (χ3v) is 4.19. The van der Waals surface area contributed by atoms with Gasteiger partial charge in [0.1, 0.15) is 0 Å². The minimum absolute atomic E-state index is 0.147. The van der Waals surface area contributed by atoms with Gasteiger partial charge in [0.25, 0.3) is 0 Å². The lowest BCUT2D eigenvalue weighted by molar-refractivity contribution is 0.549. The van der Waals surface area contributed by atoms with E-state index >= 15 is 0 Å². The molecule has 3 N–H and O–H groups in total. The van der Waals surface area contributed by atoms with Crippen LogP contribution < -0.4 is 11.3 Å². The van der Waals surface area contributed by atoms with Crippen LogP contribution in [-0.2, 0) is 6.42 Å². The molecule has 0 heterocycles. The van der Waals surface area contributed by atoms with E-state index < -0.39 is 0 Å². The smallest absolute Gasteiger partial charge is 0.0500 e. The van der Waals surface area contributed by atoms with Gasteiger partial charge in [-0.1, -0.05) is 36.4 Å². The molecule has 0 spiro atoms. The Hall–Kier alpha value is -1.64. The van der Waals surface area contributed by atoms with Gasteiger partial charge in [0.2, 0.25) is 0 Å². The number of aryl methyl sites for hydroxylation is 4. The van der Waals surface area contributed by atoms with Crippen LogP contribution in [0.2, 0.25) is 0 Å². The lowest BCUT2D eigenvalue weighted by Crippen LogP contribution is -2.30. The Bertz CT molecular complexity index is 582. The van der Waals surface area contributed by atoms with E-state index in [1.807, 2.05) is 0 Å². The van der Waals surface area contributed by atoms with E-state index in [-0.39, 0.29) is 6.04 Å². The second kappa shape index (κ2) is 6.21. The normalized spacial score (nSPS) is 12.4. The number of hydrazine groups is 1. The van der Waals surface area contributed by atoms with Crippen molar-refractivity contribution in [1.29, 1.82) is 0 Å². The molecule has 2 nitrogen and oxygen atoms in total. The highest BCUT2D eigenvalue weighted by Crippen LogP contribution is 2.24. The number of benzene rings is 2. The van der Waals surface area contributed by atoms with Crippen LogP contribution in [0.3, 0.4) is 0 Å². The lowest BCUT2D eigenvalue weighted by Gasteiger charge is -2.20. The average Bonchev–Trinajstić information content (AvgIpc) is 2.42. The van der Waals surface area contributed by atoms with Crippen LogP contribution >= 0.6 is 0 Å². The van der Waals surface area contributed by atoms with Crippen molar-refractivity contribution in [2.24, 2.45) is 5.84 Å². The van der Waals surface area contributed by atoms with Crippen molar-refractivity contribution in [1.82, 2.24) is 5.43 Å². The summed E-state index contributed by atoms with van der Waals surface area (Å²) in [5, 5.41) is 0. The largest absolute Gasteiger partial charge is 0.271 e. The molecule has 0 aliphatic heterocycles. The second-order valence-electron chi connectivity index (χ2n) is 5.64. The van der Waals surface area contributed by atoms with E-state index in [1.165, 1.54) is 33.4 Å². The first-order valence-electron chi connectivity index (χ1n) is 7.11. The fourth-order valence-corrected chi connectivity index (χ4v) is 2.63. The molecular formula is C18H24N2. The maximum atomic E-state index is 5.79. The number of hydrogen-bond donors (Lipinski definition) is 2. The zero-order chi connectivity index (χ0) is 14.7. The highest BCUT2D eigenvalue weighted by atomic mass is 15.2. The minimum Gasteiger partial charge on any atom is -0.271 e. The van der Waals surface area contributed by atoms with Crippen LogP contribution in [0.15, 0.2) is 36.4 Å². The molecule has 0 saturated carbocycles. The van der Waals surface area contributed by atoms with Crippen LogP contribution in [0.5, 0.6) is 0 Å². The topological polar surface area (TPSA) is 38.0 Å². The first kappa shape index (κ1) is 14.8. The van der Waals surface area contributed by atoms with Crippen LogP contribution in [0.4, 0.5) is 0 Å². The van der Waals surface area contributed by atoms with Crippen molar-refractivity contribution < 1.29 is 0 Å². The number of rotatable bonds is 4. The van der Waals surface area contributed by atoms with Gasteiger partial charge in [-0.3, -0.25) is 11.3 Å². The predicted molar refractivity (Wildman–Crippen MR) is 85.6 cm³/mol. The zero-order valence-electron chi connectivity index (χ0n) is 12.8.